The summed E-state index contributed by atoms with van der Waals surface area (Å²) >= 11 is 0. The lowest BCUT2D eigenvalue weighted by molar-refractivity contribution is -0.119. The van der Waals surface area contributed by atoms with E-state index in [0.29, 0.717) is 25.4 Å². The first kappa shape index (κ1) is 18.7. The molecule has 6 heteroatoms. The second-order valence-corrected chi connectivity index (χ2v) is 7.68. The topological polar surface area (TPSA) is 74.3 Å². The number of hydrogen-bond acceptors (Lipinski definition) is 3. The quantitative estimate of drug-likeness (QED) is 0.821. The molecule has 2 N–H and O–H groups in total. The van der Waals surface area contributed by atoms with Crippen LogP contribution in [0.2, 0.25) is 0 Å². The third kappa shape index (κ3) is 5.19. The molecule has 6 nitrogen and oxygen atoms in total. The van der Waals surface area contributed by atoms with E-state index < -0.39 is 0 Å². The molecule has 2 fully saturated rings. The Morgan fingerprint density at radius 2 is 2.15 bits per heavy atom. The predicted octanol–water partition coefficient (Wildman–Crippen LogP) is 2.84. The van der Waals surface area contributed by atoms with E-state index in [9.17, 15) is 9.59 Å². The highest BCUT2D eigenvalue weighted by atomic mass is 16.2. The minimum absolute atomic E-state index is 0.0370. The van der Waals surface area contributed by atoms with Crippen molar-refractivity contribution in [2.45, 2.75) is 70.5 Å². The SMILES string of the molecule is C[C@H](NC(=O)N(Cc1cccnc1)C[C@@H]1CCC(=O)N1)C1CCCCC1. The Bertz CT molecular complexity index is 601. The van der Waals surface area contributed by atoms with Gasteiger partial charge in [0.05, 0.1) is 0 Å². The van der Waals surface area contributed by atoms with Crippen LogP contribution in [-0.4, -0.2) is 40.5 Å². The number of nitrogens with one attached hydrogen (secondary N) is 2. The van der Waals surface area contributed by atoms with Gasteiger partial charge in [-0.15, -0.1) is 0 Å². The van der Waals surface area contributed by atoms with Gasteiger partial charge in [0.2, 0.25) is 5.91 Å². The molecule has 1 aromatic heterocycles. The van der Waals surface area contributed by atoms with Crippen LogP contribution in [0.5, 0.6) is 0 Å². The van der Waals surface area contributed by atoms with E-state index in [1.165, 1.54) is 32.1 Å². The van der Waals surface area contributed by atoms with Crippen LogP contribution in [-0.2, 0) is 11.3 Å². The standard InChI is InChI=1S/C20H30N4O2/c1-15(17-7-3-2-4-8-17)22-20(26)24(13-16-6-5-11-21-12-16)14-18-9-10-19(25)23-18/h5-6,11-12,15,17-18H,2-4,7-10,13-14H2,1H3,(H,22,26)(H,23,25)/t15-,18-/m0/s1. The van der Waals surface area contributed by atoms with Crippen molar-refractivity contribution >= 4 is 11.9 Å². The van der Waals surface area contributed by atoms with Crippen LogP contribution in [0, 0.1) is 5.92 Å². The van der Waals surface area contributed by atoms with Crippen LogP contribution in [0.1, 0.15) is 57.4 Å². The molecular formula is C20H30N4O2. The van der Waals surface area contributed by atoms with Crippen molar-refractivity contribution in [2.24, 2.45) is 5.92 Å². The number of rotatable bonds is 6. The van der Waals surface area contributed by atoms with Gasteiger partial charge in [-0.2, -0.15) is 0 Å². The molecule has 26 heavy (non-hydrogen) atoms. The van der Waals surface area contributed by atoms with Gasteiger partial charge in [-0.25, -0.2) is 4.79 Å². The van der Waals surface area contributed by atoms with Crippen LogP contribution in [0.25, 0.3) is 0 Å². The highest BCUT2D eigenvalue weighted by Crippen LogP contribution is 2.26. The zero-order valence-corrected chi connectivity index (χ0v) is 15.6. The van der Waals surface area contributed by atoms with Gasteiger partial charge in [0.15, 0.2) is 0 Å². The largest absolute Gasteiger partial charge is 0.352 e. The molecule has 1 aliphatic heterocycles. The smallest absolute Gasteiger partial charge is 0.317 e. The van der Waals surface area contributed by atoms with E-state index in [1.54, 1.807) is 12.4 Å². The Hall–Kier alpha value is -2.11. The van der Waals surface area contributed by atoms with Crippen LogP contribution >= 0.6 is 0 Å². The van der Waals surface area contributed by atoms with Gasteiger partial charge in [-0.3, -0.25) is 9.78 Å². The number of amides is 3. The fourth-order valence-electron chi connectivity index (χ4n) is 4.05. The van der Waals surface area contributed by atoms with Crippen LogP contribution in [0.15, 0.2) is 24.5 Å². The number of aromatic nitrogens is 1. The van der Waals surface area contributed by atoms with Gasteiger partial charge in [0, 0.05) is 44.0 Å². The molecule has 1 aliphatic carbocycles. The lowest BCUT2D eigenvalue weighted by Gasteiger charge is -2.32. The summed E-state index contributed by atoms with van der Waals surface area (Å²) < 4.78 is 0. The van der Waals surface area contributed by atoms with Gasteiger partial charge in [-0.1, -0.05) is 25.3 Å². The Labute approximate surface area is 155 Å². The molecule has 0 bridgehead atoms. The molecule has 1 saturated carbocycles. The van der Waals surface area contributed by atoms with E-state index in [-0.39, 0.29) is 24.0 Å². The lowest BCUT2D eigenvalue weighted by Crippen LogP contribution is -2.49. The average molecular weight is 358 g/mol. The maximum absolute atomic E-state index is 13.0. The van der Waals surface area contributed by atoms with Crippen molar-refractivity contribution in [3.8, 4) is 0 Å². The second kappa shape index (κ2) is 9.01. The first-order chi connectivity index (χ1) is 12.6. The normalized spacial score (nSPS) is 21.9. The van der Waals surface area contributed by atoms with E-state index >= 15 is 0 Å². The fraction of sp³-hybridized carbons (Fsp3) is 0.650. The van der Waals surface area contributed by atoms with Crippen molar-refractivity contribution in [1.82, 2.24) is 20.5 Å². The molecule has 3 amide bonds. The van der Waals surface area contributed by atoms with Gasteiger partial charge >= 0.3 is 6.03 Å². The molecule has 0 unspecified atom stereocenters. The summed E-state index contributed by atoms with van der Waals surface area (Å²) in [7, 11) is 0. The van der Waals surface area contributed by atoms with E-state index in [2.05, 4.69) is 22.5 Å². The number of pyridine rings is 1. The highest BCUT2D eigenvalue weighted by Gasteiger charge is 2.28. The third-order valence-corrected chi connectivity index (χ3v) is 5.62. The average Bonchev–Trinajstić information content (AvgIpc) is 3.07. The van der Waals surface area contributed by atoms with Crippen molar-refractivity contribution in [3.63, 3.8) is 0 Å². The summed E-state index contributed by atoms with van der Waals surface area (Å²) in [6.07, 6.45) is 11.1. The predicted molar refractivity (Wildman–Crippen MR) is 100 cm³/mol. The summed E-state index contributed by atoms with van der Waals surface area (Å²) in [5, 5.41) is 6.17. The number of nitrogens with zero attached hydrogens (tertiary/aromatic N) is 2. The zero-order valence-electron chi connectivity index (χ0n) is 15.6. The van der Waals surface area contributed by atoms with Gasteiger partial charge < -0.3 is 15.5 Å². The second-order valence-electron chi connectivity index (χ2n) is 7.68. The highest BCUT2D eigenvalue weighted by molar-refractivity contribution is 5.79. The Kier molecular flexibility index (Phi) is 6.47. The zero-order chi connectivity index (χ0) is 18.4. The molecule has 1 saturated heterocycles. The summed E-state index contributed by atoms with van der Waals surface area (Å²) in [5.41, 5.74) is 0.997. The maximum atomic E-state index is 13.0. The Balaban J connectivity index is 1.62. The fourth-order valence-corrected chi connectivity index (χ4v) is 4.05. The lowest BCUT2D eigenvalue weighted by atomic mass is 9.84. The van der Waals surface area contributed by atoms with Crippen LogP contribution in [0.4, 0.5) is 4.79 Å². The molecule has 142 valence electrons. The summed E-state index contributed by atoms with van der Waals surface area (Å²) in [4.78, 5) is 30.4. The minimum Gasteiger partial charge on any atom is -0.352 e. The summed E-state index contributed by atoms with van der Waals surface area (Å²) in [6, 6.07) is 4.03. The molecule has 2 heterocycles. The van der Waals surface area contributed by atoms with Crippen molar-refractivity contribution in [2.75, 3.05) is 6.54 Å². The van der Waals surface area contributed by atoms with Crippen LogP contribution < -0.4 is 10.6 Å². The molecule has 3 rings (SSSR count). The summed E-state index contributed by atoms with van der Waals surface area (Å²) in [5.74, 6) is 0.645. The van der Waals surface area contributed by atoms with Gasteiger partial charge in [0.1, 0.15) is 0 Å². The van der Waals surface area contributed by atoms with Crippen molar-refractivity contribution < 1.29 is 9.59 Å². The first-order valence-electron chi connectivity index (χ1n) is 9.85. The molecule has 2 aliphatic rings. The summed E-state index contributed by atoms with van der Waals surface area (Å²) in [6.45, 7) is 3.15. The van der Waals surface area contributed by atoms with E-state index in [0.717, 1.165) is 12.0 Å². The van der Waals surface area contributed by atoms with E-state index in [4.69, 9.17) is 0 Å². The number of carbonyl (C=O) groups excluding carboxylic acids is 2. The molecule has 0 spiro atoms. The number of urea groups is 1. The molecule has 2 atom stereocenters. The monoisotopic (exact) mass is 358 g/mol. The van der Waals surface area contributed by atoms with Gasteiger partial charge in [-0.05, 0) is 43.7 Å². The van der Waals surface area contributed by atoms with Crippen molar-refractivity contribution in [1.29, 1.82) is 0 Å². The maximum Gasteiger partial charge on any atom is 0.317 e. The molecule has 0 radical (unpaired) electrons. The molecule has 0 aromatic carbocycles. The Morgan fingerprint density at radius 1 is 1.35 bits per heavy atom. The number of carbonyl (C=O) groups is 2. The minimum atomic E-state index is -0.0481. The molecule has 1 aromatic rings. The van der Waals surface area contributed by atoms with Gasteiger partial charge in [0.25, 0.3) is 0 Å². The Morgan fingerprint density at radius 3 is 2.81 bits per heavy atom. The molecular weight excluding hydrogens is 328 g/mol. The van der Waals surface area contributed by atoms with Crippen molar-refractivity contribution in [3.05, 3.63) is 30.1 Å². The number of hydrogen-bond donors (Lipinski definition) is 2. The third-order valence-electron chi connectivity index (χ3n) is 5.62. The van der Waals surface area contributed by atoms with Crippen LogP contribution in [0.3, 0.4) is 0 Å². The first-order valence-corrected chi connectivity index (χ1v) is 9.85. The van der Waals surface area contributed by atoms with E-state index in [1.807, 2.05) is 17.0 Å².